The highest BCUT2D eigenvalue weighted by Crippen LogP contribution is 2.22. The number of carbonyl (C=O) groups excluding carboxylic acids is 1. The molecule has 1 aromatic carbocycles. The SMILES string of the molecule is O=C(NN=C/C(Br)=C\c1ccccc1)c1n[nH]c2c1CCC2. The normalized spacial score (nSPS) is 14.3. The molecule has 22 heavy (non-hydrogen) atoms. The third-order valence-electron chi connectivity index (χ3n) is 3.48. The van der Waals surface area contributed by atoms with Gasteiger partial charge in [-0.2, -0.15) is 10.2 Å². The molecule has 6 heteroatoms. The number of aryl methyl sites for hydroxylation is 1. The number of aromatic amines is 1. The van der Waals surface area contributed by atoms with Crippen LogP contribution in [-0.2, 0) is 12.8 Å². The van der Waals surface area contributed by atoms with Gasteiger partial charge in [0.05, 0.1) is 6.21 Å². The van der Waals surface area contributed by atoms with Gasteiger partial charge >= 0.3 is 0 Å². The van der Waals surface area contributed by atoms with Crippen LogP contribution in [0.3, 0.4) is 0 Å². The van der Waals surface area contributed by atoms with E-state index in [1.807, 2.05) is 36.4 Å². The van der Waals surface area contributed by atoms with Gasteiger partial charge in [0.2, 0.25) is 0 Å². The quantitative estimate of drug-likeness (QED) is 0.651. The maximum absolute atomic E-state index is 12.1. The Bertz CT molecular complexity index is 734. The second kappa shape index (κ2) is 6.70. The molecule has 0 bridgehead atoms. The minimum Gasteiger partial charge on any atom is -0.281 e. The Balaban J connectivity index is 1.62. The number of allylic oxidation sites excluding steroid dienone is 1. The third kappa shape index (κ3) is 3.33. The molecule has 2 N–H and O–H groups in total. The van der Waals surface area contributed by atoms with Crippen LogP contribution in [0.25, 0.3) is 6.08 Å². The van der Waals surface area contributed by atoms with E-state index in [0.29, 0.717) is 5.69 Å². The highest BCUT2D eigenvalue weighted by molar-refractivity contribution is 9.12. The first-order chi connectivity index (χ1) is 10.7. The van der Waals surface area contributed by atoms with Crippen molar-refractivity contribution >= 4 is 34.1 Å². The van der Waals surface area contributed by atoms with Crippen LogP contribution in [0, 0.1) is 0 Å². The van der Waals surface area contributed by atoms with Crippen LogP contribution >= 0.6 is 15.9 Å². The second-order valence-corrected chi connectivity index (χ2v) is 5.94. The van der Waals surface area contributed by atoms with Gasteiger partial charge in [-0.25, -0.2) is 5.43 Å². The molecule has 0 saturated carbocycles. The Labute approximate surface area is 136 Å². The van der Waals surface area contributed by atoms with Gasteiger partial charge in [-0.1, -0.05) is 30.3 Å². The number of hydrogen-bond acceptors (Lipinski definition) is 3. The molecule has 0 fully saturated rings. The number of fused-ring (bicyclic) bond motifs is 1. The zero-order valence-corrected chi connectivity index (χ0v) is 13.4. The Hall–Kier alpha value is -2.21. The highest BCUT2D eigenvalue weighted by Gasteiger charge is 2.22. The lowest BCUT2D eigenvalue weighted by molar-refractivity contribution is 0.0949. The van der Waals surface area contributed by atoms with Crippen LogP contribution in [0.5, 0.6) is 0 Å². The number of nitrogens with one attached hydrogen (secondary N) is 2. The van der Waals surface area contributed by atoms with Gasteiger partial charge in [-0.3, -0.25) is 9.89 Å². The first kappa shape index (κ1) is 14.7. The van der Waals surface area contributed by atoms with Crippen LogP contribution in [0.2, 0.25) is 0 Å². The molecule has 0 atom stereocenters. The number of amides is 1. The van der Waals surface area contributed by atoms with E-state index >= 15 is 0 Å². The van der Waals surface area contributed by atoms with Crippen LogP contribution < -0.4 is 5.43 Å². The summed E-state index contributed by atoms with van der Waals surface area (Å²) in [6.07, 6.45) is 6.40. The topological polar surface area (TPSA) is 70.1 Å². The van der Waals surface area contributed by atoms with Crippen LogP contribution in [-0.4, -0.2) is 22.3 Å². The number of H-pyrrole nitrogens is 1. The monoisotopic (exact) mass is 358 g/mol. The molecule has 0 aliphatic heterocycles. The van der Waals surface area contributed by atoms with Gasteiger partial charge in [0.1, 0.15) is 0 Å². The predicted molar refractivity (Wildman–Crippen MR) is 89.9 cm³/mol. The summed E-state index contributed by atoms with van der Waals surface area (Å²) in [5.41, 5.74) is 6.10. The summed E-state index contributed by atoms with van der Waals surface area (Å²) in [4.78, 5) is 12.1. The van der Waals surface area contributed by atoms with Gasteiger partial charge in [-0.15, -0.1) is 0 Å². The maximum atomic E-state index is 12.1. The Morgan fingerprint density at radius 3 is 2.95 bits per heavy atom. The number of halogens is 1. The molecular formula is C16H15BrN4O. The van der Waals surface area contributed by atoms with E-state index < -0.39 is 0 Å². The van der Waals surface area contributed by atoms with Gasteiger partial charge in [0.15, 0.2) is 5.69 Å². The van der Waals surface area contributed by atoms with E-state index in [2.05, 4.69) is 36.7 Å². The highest BCUT2D eigenvalue weighted by atomic mass is 79.9. The van der Waals surface area contributed by atoms with E-state index in [-0.39, 0.29) is 5.91 Å². The molecular weight excluding hydrogens is 344 g/mol. The van der Waals surface area contributed by atoms with Crippen molar-refractivity contribution in [2.24, 2.45) is 5.10 Å². The van der Waals surface area contributed by atoms with Crippen molar-refractivity contribution in [2.75, 3.05) is 0 Å². The number of rotatable bonds is 4. The van der Waals surface area contributed by atoms with E-state index in [1.165, 1.54) is 0 Å². The van der Waals surface area contributed by atoms with Crippen molar-refractivity contribution in [2.45, 2.75) is 19.3 Å². The number of hydrazone groups is 1. The summed E-state index contributed by atoms with van der Waals surface area (Å²) < 4.78 is 0.770. The predicted octanol–water partition coefficient (Wildman–Crippen LogP) is 3.05. The van der Waals surface area contributed by atoms with Crippen LogP contribution in [0.4, 0.5) is 0 Å². The summed E-state index contributed by atoms with van der Waals surface area (Å²) in [6, 6.07) is 9.86. The van der Waals surface area contributed by atoms with E-state index in [0.717, 1.165) is 40.6 Å². The molecule has 0 radical (unpaired) electrons. The first-order valence-electron chi connectivity index (χ1n) is 7.06. The standard InChI is InChI=1S/C16H15BrN4O/c17-12(9-11-5-2-1-3-6-11)10-18-21-16(22)15-13-7-4-8-14(13)19-20-15/h1-3,5-6,9-10H,4,7-8H2,(H,19,20)(H,21,22)/b12-9+,18-10?. The lowest BCUT2D eigenvalue weighted by Crippen LogP contribution is -2.19. The number of nitrogens with zero attached hydrogens (tertiary/aromatic N) is 2. The van der Waals surface area contributed by atoms with Gasteiger partial charge in [0, 0.05) is 15.7 Å². The zero-order chi connectivity index (χ0) is 15.4. The van der Waals surface area contributed by atoms with E-state index in [4.69, 9.17) is 0 Å². The molecule has 1 amide bonds. The molecule has 0 unspecified atom stereocenters. The van der Waals surface area contributed by atoms with Gasteiger partial charge < -0.3 is 0 Å². The van der Waals surface area contributed by atoms with Crippen molar-refractivity contribution in [3.8, 4) is 0 Å². The van der Waals surface area contributed by atoms with Crippen molar-refractivity contribution in [3.05, 3.63) is 57.3 Å². The van der Waals surface area contributed by atoms with Crippen molar-refractivity contribution < 1.29 is 4.79 Å². The van der Waals surface area contributed by atoms with Crippen molar-refractivity contribution in [1.29, 1.82) is 0 Å². The molecule has 3 rings (SSSR count). The number of carbonyl (C=O) groups is 1. The molecule has 2 aromatic rings. The molecule has 1 heterocycles. The molecule has 0 spiro atoms. The Kier molecular flexibility index (Phi) is 4.48. The molecule has 1 aromatic heterocycles. The second-order valence-electron chi connectivity index (χ2n) is 5.02. The van der Waals surface area contributed by atoms with Crippen molar-refractivity contribution in [1.82, 2.24) is 15.6 Å². The van der Waals surface area contributed by atoms with E-state index in [9.17, 15) is 4.79 Å². The third-order valence-corrected chi connectivity index (χ3v) is 3.91. The minimum atomic E-state index is -0.282. The lowest BCUT2D eigenvalue weighted by atomic mass is 10.2. The number of hydrogen-bond donors (Lipinski definition) is 2. The smallest absolute Gasteiger partial charge is 0.281 e. The summed E-state index contributed by atoms with van der Waals surface area (Å²) in [7, 11) is 0. The summed E-state index contributed by atoms with van der Waals surface area (Å²) in [5.74, 6) is -0.282. The first-order valence-corrected chi connectivity index (χ1v) is 7.85. The summed E-state index contributed by atoms with van der Waals surface area (Å²) in [5, 5.41) is 10.9. The molecule has 5 nitrogen and oxygen atoms in total. The zero-order valence-electron chi connectivity index (χ0n) is 11.8. The minimum absolute atomic E-state index is 0.282. The lowest BCUT2D eigenvalue weighted by Gasteiger charge is -1.98. The average molecular weight is 359 g/mol. The molecule has 0 saturated heterocycles. The maximum Gasteiger partial charge on any atom is 0.292 e. The van der Waals surface area contributed by atoms with Gasteiger partial charge in [0.25, 0.3) is 5.91 Å². The average Bonchev–Trinajstić information content (AvgIpc) is 3.10. The largest absolute Gasteiger partial charge is 0.292 e. The van der Waals surface area contributed by atoms with Crippen LogP contribution in [0.15, 0.2) is 39.9 Å². The summed E-state index contributed by atoms with van der Waals surface area (Å²) in [6.45, 7) is 0. The number of benzene rings is 1. The van der Waals surface area contributed by atoms with E-state index in [1.54, 1.807) is 6.21 Å². The summed E-state index contributed by atoms with van der Waals surface area (Å²) >= 11 is 3.40. The molecule has 1 aliphatic rings. The molecule has 112 valence electrons. The Morgan fingerprint density at radius 2 is 2.14 bits per heavy atom. The van der Waals surface area contributed by atoms with Crippen molar-refractivity contribution in [3.63, 3.8) is 0 Å². The number of aromatic nitrogens is 2. The fourth-order valence-electron chi connectivity index (χ4n) is 2.46. The molecule has 1 aliphatic carbocycles. The van der Waals surface area contributed by atoms with Gasteiger partial charge in [-0.05, 0) is 46.8 Å². The fourth-order valence-corrected chi connectivity index (χ4v) is 2.83. The fraction of sp³-hybridized carbons (Fsp3) is 0.188. The Morgan fingerprint density at radius 1 is 1.32 bits per heavy atom. The van der Waals surface area contributed by atoms with Crippen LogP contribution in [0.1, 0.15) is 33.7 Å².